The zero-order chi connectivity index (χ0) is 29.1. The Bertz CT molecular complexity index is 1360. The normalized spacial score (nSPS) is 29.6. The smallest absolute Gasteiger partial charge is 0.330 e. The average molecular weight is 563 g/mol. The van der Waals surface area contributed by atoms with Crippen LogP contribution in [0, 0.1) is 5.92 Å². The molecular weight excluding hydrogens is 532 g/mol. The van der Waals surface area contributed by atoms with Gasteiger partial charge < -0.3 is 45.7 Å². The summed E-state index contributed by atoms with van der Waals surface area (Å²) in [5.41, 5.74) is 4.68. The predicted octanol–water partition coefficient (Wildman–Crippen LogP) is -2.89. The maximum absolute atomic E-state index is 12.9. The maximum atomic E-state index is 12.9. The lowest BCUT2D eigenvalue weighted by Gasteiger charge is -2.35. The summed E-state index contributed by atoms with van der Waals surface area (Å²) in [6, 6.07) is 9.55. The minimum atomic E-state index is -1.81. The first-order valence-electron chi connectivity index (χ1n) is 12.3. The van der Waals surface area contributed by atoms with E-state index < -0.39 is 90.4 Å². The Balaban J connectivity index is 1.53. The molecule has 1 aromatic heterocycles. The summed E-state index contributed by atoms with van der Waals surface area (Å²) >= 11 is 0. The lowest BCUT2D eigenvalue weighted by molar-refractivity contribution is -0.239. The number of aromatic nitrogens is 2. The summed E-state index contributed by atoms with van der Waals surface area (Å²) in [5.74, 6) is -3.53. The van der Waals surface area contributed by atoms with Crippen LogP contribution in [0.5, 0.6) is 0 Å². The fraction of sp³-hybridized carbons (Fsp3) is 0.440. The molecule has 2 aromatic rings. The van der Waals surface area contributed by atoms with Crippen LogP contribution in [0.2, 0.25) is 0 Å². The summed E-state index contributed by atoms with van der Waals surface area (Å²) < 4.78 is 17.6. The Hall–Kier alpha value is -3.86. The van der Waals surface area contributed by atoms with Crippen molar-refractivity contribution in [3.8, 4) is 0 Å². The van der Waals surface area contributed by atoms with Gasteiger partial charge in [-0.15, -0.1) is 0 Å². The summed E-state index contributed by atoms with van der Waals surface area (Å²) in [6.45, 7) is 0.982. The summed E-state index contributed by atoms with van der Waals surface area (Å²) in [6.07, 6.45) is -9.49. The van der Waals surface area contributed by atoms with Gasteiger partial charge in [0.25, 0.3) is 11.5 Å². The molecule has 0 aliphatic carbocycles. The Kier molecular flexibility index (Phi) is 8.82. The standard InChI is InChI=1S/C25H30N4O11/c1-11(12-5-3-2-4-6-12)27-22(36)15-9-14(31)18(34)24(38-15)40-20(21(26)35)19-13(10-30)17(33)23(39-19)29-8-7-16(32)28-25(29)37/h2-9,11,13-14,17-20,23-24,30-31,33-34H,10H2,1H3,(H2,26,35)(H,27,36)(H,28,32,37)/t11-,13-,14-,17+,18-,19-,20+,23+,24+/m0/s1. The molecule has 0 saturated carbocycles. The quantitative estimate of drug-likeness (QED) is 0.164. The molecule has 3 heterocycles. The second-order valence-electron chi connectivity index (χ2n) is 9.41. The number of nitrogens with one attached hydrogen (secondary N) is 2. The number of aromatic amines is 1. The SMILES string of the molecule is C[C@H](NC(=O)C1=C[C@H](O)[C@H](O)[C@@H](O[C@@H](C(N)=O)[C@H]2O[C@@H](n3ccc(=O)[nH]c3=O)[C@H](O)[C@@H]2CO)O1)c1ccccc1. The number of nitrogens with zero attached hydrogens (tertiary/aromatic N) is 1. The Morgan fingerprint density at radius 3 is 2.48 bits per heavy atom. The number of primary amides is 1. The summed E-state index contributed by atoms with van der Waals surface area (Å²) in [4.78, 5) is 51.0. The lowest BCUT2D eigenvalue weighted by Crippen LogP contribution is -2.53. The van der Waals surface area contributed by atoms with Crippen molar-refractivity contribution in [2.45, 2.75) is 56.0 Å². The second-order valence-corrected chi connectivity index (χ2v) is 9.41. The van der Waals surface area contributed by atoms with Crippen molar-refractivity contribution in [2.75, 3.05) is 6.61 Å². The molecule has 0 spiro atoms. The molecule has 2 amide bonds. The van der Waals surface area contributed by atoms with Gasteiger partial charge >= 0.3 is 5.69 Å². The first-order valence-corrected chi connectivity index (χ1v) is 12.3. The number of rotatable bonds is 9. The number of carbonyl (C=O) groups is 2. The molecule has 0 radical (unpaired) electrons. The van der Waals surface area contributed by atoms with E-state index in [0.29, 0.717) is 0 Å². The van der Waals surface area contributed by atoms with E-state index in [1.807, 2.05) is 11.1 Å². The number of nitrogens with two attached hydrogens (primary N) is 1. The van der Waals surface area contributed by atoms with Crippen molar-refractivity contribution in [1.82, 2.24) is 14.9 Å². The van der Waals surface area contributed by atoms with E-state index >= 15 is 0 Å². The van der Waals surface area contributed by atoms with Crippen molar-refractivity contribution < 1.29 is 44.2 Å². The third kappa shape index (κ3) is 5.99. The van der Waals surface area contributed by atoms with Crippen molar-refractivity contribution in [1.29, 1.82) is 0 Å². The van der Waals surface area contributed by atoms with Crippen LogP contribution >= 0.6 is 0 Å². The molecule has 0 bridgehead atoms. The summed E-state index contributed by atoms with van der Waals surface area (Å²) in [5, 5.41) is 44.2. The number of hydrogen-bond acceptors (Lipinski definition) is 11. The van der Waals surface area contributed by atoms with Gasteiger partial charge in [0.1, 0.15) is 24.4 Å². The van der Waals surface area contributed by atoms with Gasteiger partial charge in [-0.25, -0.2) is 4.79 Å². The Labute approximate surface area is 226 Å². The third-order valence-electron chi connectivity index (χ3n) is 6.71. The minimum absolute atomic E-state index is 0.405. The van der Waals surface area contributed by atoms with Crippen LogP contribution in [0.1, 0.15) is 24.8 Å². The van der Waals surface area contributed by atoms with Crippen LogP contribution in [0.3, 0.4) is 0 Å². The molecule has 2 aliphatic heterocycles. The first-order chi connectivity index (χ1) is 19.0. The number of benzene rings is 1. The van der Waals surface area contributed by atoms with Crippen molar-refractivity contribution in [2.24, 2.45) is 11.7 Å². The van der Waals surface area contributed by atoms with Crippen LogP contribution < -0.4 is 22.3 Å². The van der Waals surface area contributed by atoms with Gasteiger partial charge in [0, 0.05) is 18.2 Å². The van der Waals surface area contributed by atoms with Crippen LogP contribution in [-0.2, 0) is 23.8 Å². The number of aliphatic hydroxyl groups excluding tert-OH is 4. The van der Waals surface area contributed by atoms with Crippen LogP contribution in [0.15, 0.2) is 64.0 Å². The molecule has 1 saturated heterocycles. The monoisotopic (exact) mass is 562 g/mol. The van der Waals surface area contributed by atoms with E-state index in [1.165, 1.54) is 0 Å². The van der Waals surface area contributed by atoms with Crippen LogP contribution in [0.25, 0.3) is 0 Å². The highest BCUT2D eigenvalue weighted by Gasteiger charge is 2.51. The number of hydrogen-bond donors (Lipinski definition) is 7. The molecule has 8 N–H and O–H groups in total. The zero-order valence-corrected chi connectivity index (χ0v) is 21.2. The van der Waals surface area contributed by atoms with Gasteiger partial charge in [-0.3, -0.25) is 23.9 Å². The van der Waals surface area contributed by atoms with E-state index in [1.54, 1.807) is 31.2 Å². The fourth-order valence-electron chi connectivity index (χ4n) is 4.54. The van der Waals surface area contributed by atoms with E-state index in [4.69, 9.17) is 19.9 Å². The number of amides is 2. The average Bonchev–Trinajstić information content (AvgIpc) is 3.24. The topological polar surface area (TPSA) is 236 Å². The highest BCUT2D eigenvalue weighted by molar-refractivity contribution is 5.92. The van der Waals surface area contributed by atoms with Crippen molar-refractivity contribution >= 4 is 11.8 Å². The van der Waals surface area contributed by atoms with Crippen LogP contribution in [0.4, 0.5) is 0 Å². The molecule has 1 fully saturated rings. The fourth-order valence-corrected chi connectivity index (χ4v) is 4.54. The van der Waals surface area contributed by atoms with E-state index in [-0.39, 0.29) is 0 Å². The molecule has 15 heteroatoms. The van der Waals surface area contributed by atoms with Gasteiger partial charge in [0.05, 0.1) is 12.6 Å². The third-order valence-corrected chi connectivity index (χ3v) is 6.71. The van der Waals surface area contributed by atoms with Gasteiger partial charge in [-0.2, -0.15) is 0 Å². The molecule has 2 aliphatic rings. The number of H-pyrrole nitrogens is 1. The minimum Gasteiger partial charge on any atom is -0.456 e. The Morgan fingerprint density at radius 1 is 1.15 bits per heavy atom. The Morgan fingerprint density at radius 2 is 1.85 bits per heavy atom. The zero-order valence-electron chi connectivity index (χ0n) is 21.2. The molecule has 15 nitrogen and oxygen atoms in total. The number of aliphatic hydroxyl groups is 4. The van der Waals surface area contributed by atoms with Crippen molar-refractivity contribution in [3.05, 3.63) is 80.8 Å². The second kappa shape index (κ2) is 12.1. The van der Waals surface area contributed by atoms with Gasteiger partial charge in [0.15, 0.2) is 18.1 Å². The lowest BCUT2D eigenvalue weighted by atomic mass is 9.94. The largest absolute Gasteiger partial charge is 0.456 e. The highest BCUT2D eigenvalue weighted by atomic mass is 16.7. The van der Waals surface area contributed by atoms with Crippen LogP contribution in [-0.4, -0.2) is 85.2 Å². The van der Waals surface area contributed by atoms with Crippen molar-refractivity contribution in [3.63, 3.8) is 0 Å². The predicted molar refractivity (Wildman–Crippen MR) is 134 cm³/mol. The first kappa shape index (κ1) is 29.1. The molecule has 0 unspecified atom stereocenters. The van der Waals surface area contributed by atoms with E-state index in [0.717, 1.165) is 28.5 Å². The number of ether oxygens (including phenoxy) is 3. The molecule has 216 valence electrons. The van der Waals surface area contributed by atoms with Gasteiger partial charge in [-0.1, -0.05) is 30.3 Å². The number of carbonyl (C=O) groups excluding carboxylic acids is 2. The summed E-state index contributed by atoms with van der Waals surface area (Å²) in [7, 11) is 0. The van der Waals surface area contributed by atoms with E-state index in [2.05, 4.69) is 5.32 Å². The molecule has 40 heavy (non-hydrogen) atoms. The highest BCUT2D eigenvalue weighted by Crippen LogP contribution is 2.36. The molecule has 4 rings (SSSR count). The maximum Gasteiger partial charge on any atom is 0.330 e. The van der Waals surface area contributed by atoms with Gasteiger partial charge in [-0.05, 0) is 18.6 Å². The molecular formula is C25H30N4O11. The van der Waals surface area contributed by atoms with E-state index in [9.17, 15) is 39.6 Å². The van der Waals surface area contributed by atoms with Gasteiger partial charge in [0.2, 0.25) is 12.2 Å². The molecule has 9 atom stereocenters. The molecule has 1 aromatic carbocycles.